The molecule has 2 aliphatic rings. The van der Waals surface area contributed by atoms with Crippen LogP contribution in [0.3, 0.4) is 0 Å². The maximum atomic E-state index is 11.8. The zero-order valence-electron chi connectivity index (χ0n) is 8.64. The first-order valence-electron chi connectivity index (χ1n) is 5.28. The molecular weight excluding hydrogens is 200 g/mol. The zero-order chi connectivity index (χ0) is 9.31. The standard InChI is InChI=1S/C10H18N2O.ClH/c1-2-10(4-3-5-10)9(13)12-8-6-11-7-8;/h8,11H,2-7H2,1H3,(H,12,13);1H. The fraction of sp³-hybridized carbons (Fsp3) is 0.900. The second-order valence-corrected chi connectivity index (χ2v) is 4.32. The van der Waals surface area contributed by atoms with E-state index in [1.54, 1.807) is 0 Å². The topological polar surface area (TPSA) is 41.1 Å². The summed E-state index contributed by atoms with van der Waals surface area (Å²) in [5.41, 5.74) is 0.00951. The molecule has 0 aromatic rings. The predicted molar refractivity (Wildman–Crippen MR) is 58.6 cm³/mol. The number of amides is 1. The van der Waals surface area contributed by atoms with Gasteiger partial charge in [-0.1, -0.05) is 13.3 Å². The molecule has 0 radical (unpaired) electrons. The Bertz CT molecular complexity index is 207. The van der Waals surface area contributed by atoms with Gasteiger partial charge in [0.25, 0.3) is 0 Å². The summed E-state index contributed by atoms with van der Waals surface area (Å²) in [4.78, 5) is 11.8. The second kappa shape index (κ2) is 4.49. The highest BCUT2D eigenvalue weighted by molar-refractivity contribution is 5.85. The average molecular weight is 219 g/mol. The molecule has 0 bridgehead atoms. The van der Waals surface area contributed by atoms with Crippen LogP contribution in [0, 0.1) is 5.41 Å². The highest BCUT2D eigenvalue weighted by atomic mass is 35.5. The largest absolute Gasteiger partial charge is 0.350 e. The van der Waals surface area contributed by atoms with Crippen LogP contribution in [0.1, 0.15) is 32.6 Å². The van der Waals surface area contributed by atoms with Crippen molar-refractivity contribution in [3.63, 3.8) is 0 Å². The van der Waals surface area contributed by atoms with E-state index in [4.69, 9.17) is 0 Å². The molecule has 3 nitrogen and oxygen atoms in total. The first-order valence-corrected chi connectivity index (χ1v) is 5.28. The van der Waals surface area contributed by atoms with Gasteiger partial charge in [-0.2, -0.15) is 0 Å². The number of carbonyl (C=O) groups is 1. The van der Waals surface area contributed by atoms with Crippen LogP contribution in [0.2, 0.25) is 0 Å². The van der Waals surface area contributed by atoms with Gasteiger partial charge in [0, 0.05) is 18.5 Å². The van der Waals surface area contributed by atoms with Crippen LogP contribution in [0.5, 0.6) is 0 Å². The fourth-order valence-corrected chi connectivity index (χ4v) is 2.07. The molecule has 1 saturated heterocycles. The first-order chi connectivity index (χ1) is 6.27. The van der Waals surface area contributed by atoms with Crippen LogP contribution in [-0.4, -0.2) is 25.0 Å². The van der Waals surface area contributed by atoms with Crippen molar-refractivity contribution >= 4 is 18.3 Å². The molecule has 1 heterocycles. The third-order valence-electron chi connectivity index (χ3n) is 3.59. The number of hydrogen-bond acceptors (Lipinski definition) is 2. The summed E-state index contributed by atoms with van der Waals surface area (Å²) in [6.45, 7) is 4.02. The number of hydrogen-bond donors (Lipinski definition) is 2. The SMILES string of the molecule is CCC1(C(=O)NC2CNC2)CCC1.Cl. The van der Waals surface area contributed by atoms with E-state index in [0.717, 1.165) is 32.4 Å². The second-order valence-electron chi connectivity index (χ2n) is 4.32. The van der Waals surface area contributed by atoms with Crippen LogP contribution in [-0.2, 0) is 4.79 Å². The van der Waals surface area contributed by atoms with Gasteiger partial charge in [-0.15, -0.1) is 12.4 Å². The summed E-state index contributed by atoms with van der Waals surface area (Å²) in [7, 11) is 0. The highest BCUT2D eigenvalue weighted by Crippen LogP contribution is 2.43. The van der Waals surface area contributed by atoms with Crippen LogP contribution in [0.4, 0.5) is 0 Å². The van der Waals surface area contributed by atoms with Crippen LogP contribution < -0.4 is 10.6 Å². The molecule has 14 heavy (non-hydrogen) atoms. The number of nitrogens with one attached hydrogen (secondary N) is 2. The summed E-state index contributed by atoms with van der Waals surface area (Å²) in [6.07, 6.45) is 4.41. The lowest BCUT2D eigenvalue weighted by atomic mass is 9.66. The molecule has 1 aliphatic carbocycles. The molecule has 2 rings (SSSR count). The highest BCUT2D eigenvalue weighted by Gasteiger charge is 2.43. The van der Waals surface area contributed by atoms with Crippen molar-refractivity contribution in [1.29, 1.82) is 0 Å². The Kier molecular flexibility index (Phi) is 3.78. The Morgan fingerprint density at radius 1 is 1.50 bits per heavy atom. The summed E-state index contributed by atoms with van der Waals surface area (Å²) < 4.78 is 0. The number of carbonyl (C=O) groups excluding carboxylic acids is 1. The van der Waals surface area contributed by atoms with Gasteiger partial charge in [0.15, 0.2) is 0 Å². The summed E-state index contributed by atoms with van der Waals surface area (Å²) >= 11 is 0. The monoisotopic (exact) mass is 218 g/mol. The molecule has 0 spiro atoms. The molecule has 82 valence electrons. The average Bonchev–Trinajstić information content (AvgIpc) is 1.96. The van der Waals surface area contributed by atoms with Crippen molar-refractivity contribution in [2.75, 3.05) is 13.1 Å². The van der Waals surface area contributed by atoms with E-state index in [1.165, 1.54) is 6.42 Å². The van der Waals surface area contributed by atoms with E-state index < -0.39 is 0 Å². The van der Waals surface area contributed by atoms with Crippen LogP contribution in [0.25, 0.3) is 0 Å². The molecule has 2 N–H and O–H groups in total. The van der Waals surface area contributed by atoms with Crippen molar-refractivity contribution in [2.24, 2.45) is 5.41 Å². The van der Waals surface area contributed by atoms with E-state index >= 15 is 0 Å². The number of rotatable bonds is 3. The molecule has 0 unspecified atom stereocenters. The molecule has 2 fully saturated rings. The van der Waals surface area contributed by atoms with Gasteiger partial charge in [-0.25, -0.2) is 0 Å². The van der Waals surface area contributed by atoms with Gasteiger partial charge in [0.05, 0.1) is 6.04 Å². The van der Waals surface area contributed by atoms with Gasteiger partial charge in [0.1, 0.15) is 0 Å². The van der Waals surface area contributed by atoms with Crippen molar-refractivity contribution < 1.29 is 4.79 Å². The van der Waals surface area contributed by atoms with Crippen molar-refractivity contribution in [1.82, 2.24) is 10.6 Å². The molecule has 4 heteroatoms. The lowest BCUT2D eigenvalue weighted by Crippen LogP contribution is -2.60. The lowest BCUT2D eigenvalue weighted by Gasteiger charge is -2.41. The van der Waals surface area contributed by atoms with Crippen molar-refractivity contribution in [3.05, 3.63) is 0 Å². The van der Waals surface area contributed by atoms with Gasteiger partial charge < -0.3 is 10.6 Å². The van der Waals surface area contributed by atoms with E-state index in [9.17, 15) is 4.79 Å². The first kappa shape index (κ1) is 11.8. The van der Waals surface area contributed by atoms with E-state index in [1.807, 2.05) is 0 Å². The lowest BCUT2D eigenvalue weighted by molar-refractivity contribution is -0.137. The smallest absolute Gasteiger partial charge is 0.226 e. The quantitative estimate of drug-likeness (QED) is 0.745. The minimum Gasteiger partial charge on any atom is -0.350 e. The molecule has 0 aromatic heterocycles. The van der Waals surface area contributed by atoms with E-state index in [0.29, 0.717) is 11.9 Å². The Morgan fingerprint density at radius 2 is 2.14 bits per heavy atom. The fourth-order valence-electron chi connectivity index (χ4n) is 2.07. The van der Waals surface area contributed by atoms with E-state index in [-0.39, 0.29) is 17.8 Å². The minimum absolute atomic E-state index is 0. The maximum absolute atomic E-state index is 11.8. The van der Waals surface area contributed by atoms with Crippen molar-refractivity contribution in [2.45, 2.75) is 38.6 Å². The molecule has 1 saturated carbocycles. The summed E-state index contributed by atoms with van der Waals surface area (Å²) in [5, 5.41) is 6.27. The van der Waals surface area contributed by atoms with Crippen molar-refractivity contribution in [3.8, 4) is 0 Å². The predicted octanol–water partition coefficient (Wildman–Crippen LogP) is 1.08. The third-order valence-corrected chi connectivity index (χ3v) is 3.59. The molecule has 0 aromatic carbocycles. The Hall–Kier alpha value is -0.280. The van der Waals surface area contributed by atoms with Gasteiger partial charge in [0.2, 0.25) is 5.91 Å². The maximum Gasteiger partial charge on any atom is 0.226 e. The van der Waals surface area contributed by atoms with Gasteiger partial charge >= 0.3 is 0 Å². The van der Waals surface area contributed by atoms with Crippen LogP contribution in [0.15, 0.2) is 0 Å². The van der Waals surface area contributed by atoms with Crippen LogP contribution >= 0.6 is 12.4 Å². The normalized spacial score (nSPS) is 24.1. The Morgan fingerprint density at radius 3 is 2.43 bits per heavy atom. The molecule has 0 atom stereocenters. The number of halogens is 1. The summed E-state index contributed by atoms with van der Waals surface area (Å²) in [5.74, 6) is 0.299. The Balaban J connectivity index is 0.000000980. The van der Waals surface area contributed by atoms with E-state index in [2.05, 4.69) is 17.6 Å². The molecular formula is C10H19ClN2O. The summed E-state index contributed by atoms with van der Waals surface area (Å²) in [6, 6.07) is 0.400. The third kappa shape index (κ3) is 1.89. The molecule has 1 aliphatic heterocycles. The molecule has 1 amide bonds. The Labute approximate surface area is 91.4 Å². The van der Waals surface area contributed by atoms with Gasteiger partial charge in [-0.05, 0) is 19.3 Å². The minimum atomic E-state index is 0. The zero-order valence-corrected chi connectivity index (χ0v) is 9.45. The van der Waals surface area contributed by atoms with Gasteiger partial charge in [-0.3, -0.25) is 4.79 Å².